The van der Waals surface area contributed by atoms with E-state index >= 15 is 0 Å². The molecule has 0 aromatic heterocycles. The molecule has 18 heavy (non-hydrogen) atoms. The van der Waals surface area contributed by atoms with Gasteiger partial charge in [0.25, 0.3) is 0 Å². The van der Waals surface area contributed by atoms with Gasteiger partial charge in [0.05, 0.1) is 0 Å². The zero-order valence-electron chi connectivity index (χ0n) is 12.2. The van der Waals surface area contributed by atoms with Gasteiger partial charge in [-0.1, -0.05) is 27.7 Å². The molecule has 2 nitrogen and oxygen atoms in total. The van der Waals surface area contributed by atoms with Crippen molar-refractivity contribution in [3.05, 3.63) is 0 Å². The standard InChI is InChI=1S/C14H28N2S2/c1-11-5-16(6-12(2)18-11)14(8-15)7-13(3,4)9-17-10-14/h11-12H,5-10,15H2,1-4H3. The lowest BCUT2D eigenvalue weighted by atomic mass is 9.78. The van der Waals surface area contributed by atoms with Crippen LogP contribution in [0.4, 0.5) is 0 Å². The number of thioether (sulfide) groups is 2. The van der Waals surface area contributed by atoms with Gasteiger partial charge in [0.15, 0.2) is 0 Å². The molecule has 2 aliphatic rings. The van der Waals surface area contributed by atoms with Crippen molar-refractivity contribution in [2.75, 3.05) is 31.1 Å². The molecule has 2 N–H and O–H groups in total. The molecule has 0 saturated carbocycles. The molecular weight excluding hydrogens is 260 g/mol. The number of hydrogen-bond donors (Lipinski definition) is 1. The van der Waals surface area contributed by atoms with Crippen LogP contribution >= 0.6 is 23.5 Å². The Labute approximate surface area is 121 Å². The fourth-order valence-electron chi connectivity index (χ4n) is 3.54. The molecule has 106 valence electrons. The molecule has 0 amide bonds. The SMILES string of the molecule is CC1CN(C2(CN)CSCC(C)(C)C2)CC(C)S1. The molecule has 2 saturated heterocycles. The highest BCUT2D eigenvalue weighted by Gasteiger charge is 2.45. The van der Waals surface area contributed by atoms with E-state index in [1.165, 1.54) is 31.0 Å². The van der Waals surface area contributed by atoms with Gasteiger partial charge in [0, 0.05) is 41.4 Å². The highest BCUT2D eigenvalue weighted by atomic mass is 32.2. The molecule has 0 aliphatic carbocycles. The van der Waals surface area contributed by atoms with E-state index in [-0.39, 0.29) is 5.54 Å². The van der Waals surface area contributed by atoms with E-state index in [1.54, 1.807) is 0 Å². The lowest BCUT2D eigenvalue weighted by Crippen LogP contribution is -2.63. The van der Waals surface area contributed by atoms with Gasteiger partial charge in [-0.3, -0.25) is 4.90 Å². The summed E-state index contributed by atoms with van der Waals surface area (Å²) in [6, 6.07) is 0. The van der Waals surface area contributed by atoms with Gasteiger partial charge in [-0.15, -0.1) is 0 Å². The fraction of sp³-hybridized carbons (Fsp3) is 1.00. The van der Waals surface area contributed by atoms with Crippen molar-refractivity contribution >= 4 is 23.5 Å². The summed E-state index contributed by atoms with van der Waals surface area (Å²) in [7, 11) is 0. The molecule has 0 radical (unpaired) electrons. The number of nitrogens with zero attached hydrogens (tertiary/aromatic N) is 1. The zero-order valence-corrected chi connectivity index (χ0v) is 13.9. The molecule has 2 heterocycles. The Hall–Kier alpha value is 0.620. The third kappa shape index (κ3) is 3.20. The maximum Gasteiger partial charge on any atom is 0.0428 e. The maximum atomic E-state index is 6.22. The topological polar surface area (TPSA) is 29.3 Å². The van der Waals surface area contributed by atoms with Crippen molar-refractivity contribution < 1.29 is 0 Å². The maximum absolute atomic E-state index is 6.22. The molecule has 2 aliphatic heterocycles. The predicted molar refractivity (Wildman–Crippen MR) is 85.6 cm³/mol. The van der Waals surface area contributed by atoms with Crippen molar-refractivity contribution in [3.63, 3.8) is 0 Å². The Kier molecular flexibility index (Phi) is 4.63. The molecule has 0 spiro atoms. The van der Waals surface area contributed by atoms with Gasteiger partial charge in [0.2, 0.25) is 0 Å². The fourth-order valence-corrected chi connectivity index (χ4v) is 6.40. The second-order valence-corrected chi connectivity index (χ2v) is 9.79. The summed E-state index contributed by atoms with van der Waals surface area (Å²) in [6.45, 7) is 12.8. The van der Waals surface area contributed by atoms with Gasteiger partial charge >= 0.3 is 0 Å². The van der Waals surface area contributed by atoms with Gasteiger partial charge in [0.1, 0.15) is 0 Å². The Bertz CT molecular complexity index is 286. The normalized spacial score (nSPS) is 41.8. The van der Waals surface area contributed by atoms with Crippen molar-refractivity contribution in [1.82, 2.24) is 4.90 Å². The molecule has 2 rings (SSSR count). The Balaban J connectivity index is 2.15. The van der Waals surface area contributed by atoms with Gasteiger partial charge in [-0.05, 0) is 17.6 Å². The number of nitrogens with two attached hydrogens (primary N) is 1. The quantitative estimate of drug-likeness (QED) is 0.846. The summed E-state index contributed by atoms with van der Waals surface area (Å²) in [5, 5.41) is 1.49. The van der Waals surface area contributed by atoms with E-state index in [0.717, 1.165) is 17.0 Å². The van der Waals surface area contributed by atoms with Gasteiger partial charge in [-0.2, -0.15) is 23.5 Å². The minimum absolute atomic E-state index is 0.246. The summed E-state index contributed by atoms with van der Waals surface area (Å²) in [5.41, 5.74) is 6.90. The second-order valence-electron chi connectivity index (χ2n) is 6.92. The zero-order chi connectivity index (χ0) is 13.4. The van der Waals surface area contributed by atoms with Crippen molar-refractivity contribution in [2.24, 2.45) is 11.1 Å². The Morgan fingerprint density at radius 1 is 1.17 bits per heavy atom. The lowest BCUT2D eigenvalue weighted by Gasteiger charge is -2.53. The largest absolute Gasteiger partial charge is 0.329 e. The van der Waals surface area contributed by atoms with Crippen LogP contribution in [-0.2, 0) is 0 Å². The Morgan fingerprint density at radius 3 is 2.28 bits per heavy atom. The summed E-state index contributed by atoms with van der Waals surface area (Å²) >= 11 is 4.23. The van der Waals surface area contributed by atoms with Crippen LogP contribution in [0.1, 0.15) is 34.1 Å². The highest BCUT2D eigenvalue weighted by molar-refractivity contribution is 8.00. The van der Waals surface area contributed by atoms with Crippen LogP contribution in [-0.4, -0.2) is 52.1 Å². The minimum atomic E-state index is 0.246. The predicted octanol–water partition coefficient (Wildman–Crippen LogP) is 2.67. The molecule has 0 aromatic rings. The summed E-state index contributed by atoms with van der Waals surface area (Å²) in [6.07, 6.45) is 1.26. The first-order valence-electron chi connectivity index (χ1n) is 7.05. The summed E-state index contributed by atoms with van der Waals surface area (Å²) in [4.78, 5) is 2.72. The first kappa shape index (κ1) is 15.0. The molecular formula is C14H28N2S2. The lowest BCUT2D eigenvalue weighted by molar-refractivity contribution is 0.0670. The third-order valence-corrected chi connectivity index (χ3v) is 7.10. The van der Waals surface area contributed by atoms with Crippen LogP contribution in [0.5, 0.6) is 0 Å². The van der Waals surface area contributed by atoms with E-state index in [1.807, 2.05) is 0 Å². The highest BCUT2D eigenvalue weighted by Crippen LogP contribution is 2.43. The van der Waals surface area contributed by atoms with Crippen LogP contribution in [0, 0.1) is 5.41 Å². The molecule has 3 atom stereocenters. The average molecular weight is 289 g/mol. The molecule has 4 heteroatoms. The number of hydrogen-bond acceptors (Lipinski definition) is 4. The molecule has 2 fully saturated rings. The van der Waals surface area contributed by atoms with E-state index in [0.29, 0.717) is 5.41 Å². The third-order valence-electron chi connectivity index (χ3n) is 4.14. The molecule has 3 unspecified atom stereocenters. The van der Waals surface area contributed by atoms with Crippen LogP contribution in [0.2, 0.25) is 0 Å². The smallest absolute Gasteiger partial charge is 0.0428 e. The Morgan fingerprint density at radius 2 is 1.78 bits per heavy atom. The minimum Gasteiger partial charge on any atom is -0.329 e. The summed E-state index contributed by atoms with van der Waals surface area (Å²) < 4.78 is 0. The molecule has 0 bridgehead atoms. The van der Waals surface area contributed by atoms with Crippen LogP contribution in [0.3, 0.4) is 0 Å². The first-order chi connectivity index (χ1) is 8.37. The van der Waals surface area contributed by atoms with E-state index in [2.05, 4.69) is 56.1 Å². The van der Waals surface area contributed by atoms with Crippen LogP contribution in [0.15, 0.2) is 0 Å². The monoisotopic (exact) mass is 288 g/mol. The van der Waals surface area contributed by atoms with Crippen molar-refractivity contribution in [3.8, 4) is 0 Å². The second kappa shape index (κ2) is 5.55. The van der Waals surface area contributed by atoms with E-state index < -0.39 is 0 Å². The van der Waals surface area contributed by atoms with Gasteiger partial charge < -0.3 is 5.73 Å². The van der Waals surface area contributed by atoms with Crippen molar-refractivity contribution in [2.45, 2.75) is 50.2 Å². The average Bonchev–Trinajstić information content (AvgIpc) is 2.26. The van der Waals surface area contributed by atoms with E-state index in [9.17, 15) is 0 Å². The van der Waals surface area contributed by atoms with Crippen LogP contribution < -0.4 is 5.73 Å². The molecule has 0 aromatic carbocycles. The first-order valence-corrected chi connectivity index (χ1v) is 9.15. The number of rotatable bonds is 2. The van der Waals surface area contributed by atoms with E-state index in [4.69, 9.17) is 5.73 Å². The van der Waals surface area contributed by atoms with Gasteiger partial charge in [-0.25, -0.2) is 0 Å². The summed E-state index contributed by atoms with van der Waals surface area (Å²) in [5.74, 6) is 2.50. The van der Waals surface area contributed by atoms with Crippen molar-refractivity contribution in [1.29, 1.82) is 0 Å². The van der Waals surface area contributed by atoms with Crippen LogP contribution in [0.25, 0.3) is 0 Å².